The van der Waals surface area contributed by atoms with E-state index in [1.165, 1.54) is 118 Å². The lowest BCUT2D eigenvalue weighted by Crippen LogP contribution is -2.35. The first kappa shape index (κ1) is 104. The molecule has 10 aromatic rings. The molecule has 0 radical (unpaired) electrons. The predicted octanol–water partition coefficient (Wildman–Crippen LogP) is 21.2. The summed E-state index contributed by atoms with van der Waals surface area (Å²) < 4.78 is 126. The average molecular weight is 2090 g/mol. The monoisotopic (exact) mass is 2090 g/mol. The number of alkyl halides is 9. The number of hydrogen-bond acceptors (Lipinski definition) is 20. The molecule has 0 fully saturated rings. The summed E-state index contributed by atoms with van der Waals surface area (Å²) in [5, 5.41) is 107. The molecule has 45 heteroatoms. The fraction of sp³-hybridized carbons (Fsp3) is 0.220. The highest BCUT2D eigenvalue weighted by molar-refractivity contribution is 6.40. The third-order valence-corrected chi connectivity index (χ3v) is 25.8. The number of aromatic hydroxyl groups is 11. The molecule has 25 nitrogen and oxygen atoms in total. The number of carbonyl (C=O) groups excluding carboxylic acids is 5. The maximum atomic E-state index is 12.8. The molecule has 6 aromatic carbocycles. The van der Waals surface area contributed by atoms with Crippen molar-refractivity contribution in [2.45, 2.75) is 97.2 Å². The van der Waals surface area contributed by atoms with E-state index in [0.29, 0.717) is 148 Å². The summed E-state index contributed by atoms with van der Waals surface area (Å²) in [4.78, 5) is 83.8. The van der Waals surface area contributed by atoms with Crippen molar-refractivity contribution in [3.63, 3.8) is 0 Å². The molecule has 4 aromatic heterocycles. The molecule has 11 N–H and O–H groups in total. The number of aryl methyl sites for hydroxylation is 1. The summed E-state index contributed by atoms with van der Waals surface area (Å²) in [6.07, 6.45) is 3.75. The highest BCUT2D eigenvalue weighted by atomic mass is 35.5. The molecule has 0 saturated heterocycles. The minimum Gasteiger partial charge on any atom is -0.508 e. The summed E-state index contributed by atoms with van der Waals surface area (Å²) in [5.41, 5.74) is 5.20. The molecule has 5 aliphatic heterocycles. The van der Waals surface area contributed by atoms with Gasteiger partial charge in [0.2, 0.25) is 29.5 Å². The van der Waals surface area contributed by atoms with E-state index in [1.54, 1.807) is 30.0 Å². The molecule has 15 rings (SSSR count). The first-order chi connectivity index (χ1) is 63.9. The Morgan fingerprint density at radius 2 is 0.625 bits per heavy atom. The SMILES string of the molecule is C/C(=C\C(=O)N1CCc2c(Cl)c(O)c(O)c(Cl)c2C1)c1ccc(C(F)(F)F)nc1.Cc1nc(C(F)(F)F)ccc1/C=C/C(=O)N1CCc2c(Cl)c(O)c(O)c(Cl)c2C1.O=C(/C=C/c1ccc(C(F)(F)F)nc1)N1CCc2c(Cl)c(O)c(O)c(Cl)c2C1.O=C(/C=C/c1ccc(F)cn1)N1CCc2c(Cl)c(O)c(O)c(Cl)c2C1.O=C(/C=C/c1ccc(O)cc1)N1CCc2c(Cl)c(O)c(O)c(Cl)c2C1. The molecule has 0 saturated carbocycles. The van der Waals surface area contributed by atoms with Gasteiger partial charge >= 0.3 is 18.5 Å². The topological polar surface area (TPSA) is 376 Å². The van der Waals surface area contributed by atoms with Gasteiger partial charge in [-0.15, -0.1) is 0 Å². The van der Waals surface area contributed by atoms with E-state index < -0.39 is 111 Å². The normalized spacial score (nSPS) is 14.3. The number of benzene rings is 6. The second kappa shape index (κ2) is 43.5. The number of rotatable bonds is 10. The van der Waals surface area contributed by atoms with E-state index >= 15 is 0 Å². The molecule has 9 heterocycles. The fourth-order valence-corrected chi connectivity index (χ4v) is 17.1. The van der Waals surface area contributed by atoms with Crippen LogP contribution in [0.2, 0.25) is 50.2 Å². The number of aromatic nitrogens is 4. The third kappa shape index (κ3) is 24.1. The van der Waals surface area contributed by atoms with Crippen LogP contribution in [0.4, 0.5) is 43.9 Å². The van der Waals surface area contributed by atoms with Crippen LogP contribution in [-0.2, 0) is 107 Å². The van der Waals surface area contributed by atoms with Gasteiger partial charge in [0.1, 0.15) is 28.6 Å². The molecule has 716 valence electrons. The summed E-state index contributed by atoms with van der Waals surface area (Å²) in [7, 11) is 0. The molecular weight excluding hydrogens is 2020 g/mol. The van der Waals surface area contributed by atoms with Crippen LogP contribution in [0.5, 0.6) is 63.2 Å². The lowest BCUT2D eigenvalue weighted by molar-refractivity contribution is -0.142. The molecule has 136 heavy (non-hydrogen) atoms. The lowest BCUT2D eigenvalue weighted by Gasteiger charge is -2.30. The van der Waals surface area contributed by atoms with E-state index in [-0.39, 0.29) is 112 Å². The Balaban J connectivity index is 0.000000163. The largest absolute Gasteiger partial charge is 0.508 e. The van der Waals surface area contributed by atoms with Crippen LogP contribution in [0, 0.1) is 12.7 Å². The van der Waals surface area contributed by atoms with E-state index in [4.69, 9.17) is 116 Å². The van der Waals surface area contributed by atoms with Crippen LogP contribution < -0.4 is 0 Å². The average Bonchev–Trinajstić information content (AvgIpc) is 0.778. The number of carbonyl (C=O) groups is 5. The second-order valence-electron chi connectivity index (χ2n) is 30.4. The fourth-order valence-electron chi connectivity index (χ4n) is 14.3. The smallest absolute Gasteiger partial charge is 0.433 e. The zero-order chi connectivity index (χ0) is 99.9. The van der Waals surface area contributed by atoms with E-state index in [2.05, 4.69) is 19.9 Å². The van der Waals surface area contributed by atoms with E-state index in [0.717, 1.165) is 42.4 Å². The Labute approximate surface area is 815 Å². The first-order valence-electron chi connectivity index (χ1n) is 39.8. The standard InChI is InChI=1S/2C19H15Cl2F3N2O3.C18H13Cl2F3N2O3.C18H15Cl2NO4.C17H13Cl2FN2O3/c1-9-10(2-4-13(25-9)19(22,23)24)3-5-14(27)26-7-6-11-12(8-26)16(21)18(29)17(28)15(11)20;1-9(10-2-3-13(25-7-10)19(22,23)24)6-14(27)26-5-4-11-12(8-26)16(21)18(29)17(28)15(11)20;19-14-10-5-6-25(8-11(10)15(20)17(28)16(14)27)13(26)4-2-9-1-3-12(24-7-9)18(21,22)23;19-15-12-7-8-21(9-13(12)16(20)18(25)17(15)24)14(23)6-3-10-1-4-11(22)5-2-10;18-14-11-5-6-22(8-12(11)15(19)17(25)16(14)24)13(23)4-3-10-2-1-9(20)7-21-10/h2-5,28-29H,6-8H2,1H3;2-3,6-7,28-29H,4-5,8H2,1H3;1-4,7,27-28H,5-6,8H2;1-6,22,24-25H,7-9H2;1-4,7,24-25H,5-6,8H2/b5-3+;9-6+;4-2+;6-3+;4-3+. The number of halogens is 20. The Kier molecular flexibility index (Phi) is 33.4. The Morgan fingerprint density at radius 3 is 0.926 bits per heavy atom. The van der Waals surface area contributed by atoms with Crippen molar-refractivity contribution < 1.29 is 124 Å². The van der Waals surface area contributed by atoms with Gasteiger partial charge in [0.25, 0.3) is 0 Å². The number of fused-ring (bicyclic) bond motifs is 5. The highest BCUT2D eigenvalue weighted by Crippen LogP contribution is 2.52. The summed E-state index contributed by atoms with van der Waals surface area (Å²) in [6, 6.07) is 15.4. The summed E-state index contributed by atoms with van der Waals surface area (Å²) in [5.74, 6) is -6.96. The van der Waals surface area contributed by atoms with Gasteiger partial charge in [-0.1, -0.05) is 146 Å². The zero-order valence-electron chi connectivity index (χ0n) is 70.0. The molecule has 0 spiro atoms. The maximum absolute atomic E-state index is 12.8. The maximum Gasteiger partial charge on any atom is 0.433 e. The molecular formula is C91H71Cl10F10N9O16. The van der Waals surface area contributed by atoms with Gasteiger partial charge in [-0.05, 0) is 196 Å². The van der Waals surface area contributed by atoms with Crippen molar-refractivity contribution in [2.75, 3.05) is 32.7 Å². The van der Waals surface area contributed by atoms with Crippen molar-refractivity contribution in [2.24, 2.45) is 0 Å². The minimum atomic E-state index is -4.54. The van der Waals surface area contributed by atoms with Gasteiger partial charge in [-0.25, -0.2) is 9.37 Å². The van der Waals surface area contributed by atoms with Gasteiger partial charge < -0.3 is 80.7 Å². The highest BCUT2D eigenvalue weighted by Gasteiger charge is 2.38. The van der Waals surface area contributed by atoms with Crippen molar-refractivity contribution in [1.29, 1.82) is 0 Å². The van der Waals surface area contributed by atoms with Gasteiger partial charge in [0.15, 0.2) is 57.5 Å². The first-order valence-corrected chi connectivity index (χ1v) is 43.5. The molecule has 0 aliphatic carbocycles. The van der Waals surface area contributed by atoms with Crippen molar-refractivity contribution >= 4 is 175 Å². The number of phenols is 11. The number of hydrogen-bond donors (Lipinski definition) is 11. The lowest BCUT2D eigenvalue weighted by atomic mass is 9.98. The molecule has 5 aliphatic rings. The van der Waals surface area contributed by atoms with Crippen LogP contribution in [0.1, 0.15) is 113 Å². The quantitative estimate of drug-likeness (QED) is 0.0344. The molecule has 0 atom stereocenters. The van der Waals surface area contributed by atoms with E-state index in [9.17, 15) is 124 Å². The Morgan fingerprint density at radius 1 is 0.331 bits per heavy atom. The summed E-state index contributed by atoms with van der Waals surface area (Å²) >= 11 is 60.6. The second-order valence-corrected chi connectivity index (χ2v) is 34.2. The van der Waals surface area contributed by atoms with E-state index in [1.807, 2.05) is 0 Å². The Bertz CT molecular complexity index is 6370. The molecule has 0 bridgehead atoms. The number of allylic oxidation sites excluding steroid dienone is 1. The van der Waals surface area contributed by atoms with Crippen LogP contribution in [0.15, 0.2) is 122 Å². The van der Waals surface area contributed by atoms with Gasteiger partial charge in [0.05, 0.1) is 62.1 Å². The number of amides is 5. The number of nitrogens with zero attached hydrogens (tertiary/aromatic N) is 9. The minimum absolute atomic E-state index is 0.00319. The predicted molar refractivity (Wildman–Crippen MR) is 489 cm³/mol. The van der Waals surface area contributed by atoms with Crippen molar-refractivity contribution in [1.82, 2.24) is 44.4 Å². The molecule has 5 amide bonds. The Hall–Kier alpha value is -12.0. The van der Waals surface area contributed by atoms with Crippen LogP contribution in [0.25, 0.3) is 29.9 Å². The third-order valence-electron chi connectivity index (χ3n) is 21.8. The van der Waals surface area contributed by atoms with Crippen LogP contribution >= 0.6 is 116 Å². The zero-order valence-corrected chi connectivity index (χ0v) is 77.6. The van der Waals surface area contributed by atoms with Crippen molar-refractivity contribution in [3.05, 3.63) is 284 Å². The van der Waals surface area contributed by atoms with Crippen LogP contribution in [0.3, 0.4) is 0 Å². The molecule has 0 unspecified atom stereocenters. The van der Waals surface area contributed by atoms with Gasteiger partial charge in [-0.2, -0.15) is 39.5 Å². The number of pyridine rings is 4. The van der Waals surface area contributed by atoms with Gasteiger partial charge in [0, 0.05) is 114 Å². The summed E-state index contributed by atoms with van der Waals surface area (Å²) in [6.45, 7) is 5.24. The van der Waals surface area contributed by atoms with Crippen LogP contribution in [-0.4, -0.2) is 163 Å². The number of phenolic OH excluding ortho intramolecular Hbond substituents is 11. The van der Waals surface area contributed by atoms with Crippen molar-refractivity contribution in [3.8, 4) is 63.2 Å². The van der Waals surface area contributed by atoms with Gasteiger partial charge in [-0.3, -0.25) is 38.9 Å².